The monoisotopic (exact) mass is 391 g/mol. The van der Waals surface area contributed by atoms with Crippen molar-refractivity contribution in [2.24, 2.45) is 0 Å². The van der Waals surface area contributed by atoms with E-state index in [4.69, 9.17) is 0 Å². The number of likely N-dealkylation sites (tertiary alicyclic amines) is 1. The number of imide groups is 1. The molecule has 2 heterocycles. The highest BCUT2D eigenvalue weighted by Crippen LogP contribution is 2.18. The first-order chi connectivity index (χ1) is 14.1. The smallest absolute Gasteiger partial charge is 0.258 e. The van der Waals surface area contributed by atoms with Gasteiger partial charge in [-0.25, -0.2) is 0 Å². The predicted octanol–water partition coefficient (Wildman–Crippen LogP) is 2.88. The number of fused-ring (bicyclic) bond motifs is 1. The van der Waals surface area contributed by atoms with Gasteiger partial charge in [-0.3, -0.25) is 24.6 Å². The molecule has 2 aromatic rings. The van der Waals surface area contributed by atoms with Crippen molar-refractivity contribution in [1.82, 2.24) is 15.5 Å². The van der Waals surface area contributed by atoms with E-state index >= 15 is 0 Å². The van der Waals surface area contributed by atoms with Crippen molar-refractivity contribution in [3.05, 3.63) is 70.3 Å². The largest absolute Gasteiger partial charge is 0.348 e. The fraction of sp³-hybridized carbons (Fsp3) is 0.348. The third-order valence-corrected chi connectivity index (χ3v) is 5.58. The summed E-state index contributed by atoms with van der Waals surface area (Å²) in [6.07, 6.45) is 5.23. The van der Waals surface area contributed by atoms with Gasteiger partial charge in [0.2, 0.25) is 0 Å². The van der Waals surface area contributed by atoms with Gasteiger partial charge in [0.05, 0.1) is 11.1 Å². The zero-order chi connectivity index (χ0) is 20.2. The number of nitrogens with one attached hydrogen (secondary N) is 2. The molecule has 0 unspecified atom stereocenters. The Hall–Kier alpha value is -2.99. The average molecular weight is 391 g/mol. The number of amides is 3. The van der Waals surface area contributed by atoms with Crippen LogP contribution in [0.4, 0.5) is 0 Å². The van der Waals surface area contributed by atoms with E-state index in [0.717, 1.165) is 12.1 Å². The minimum atomic E-state index is -0.459. The number of carbonyl (C=O) groups excluding carboxylic acids is 3. The van der Waals surface area contributed by atoms with E-state index in [-0.39, 0.29) is 11.5 Å². The van der Waals surface area contributed by atoms with Crippen LogP contribution < -0.4 is 10.6 Å². The number of hydrogen-bond acceptors (Lipinski definition) is 4. The van der Waals surface area contributed by atoms with Crippen LogP contribution in [0, 0.1) is 0 Å². The van der Waals surface area contributed by atoms with Crippen LogP contribution in [0.25, 0.3) is 0 Å². The number of benzene rings is 2. The van der Waals surface area contributed by atoms with Crippen LogP contribution in [0.2, 0.25) is 0 Å². The van der Waals surface area contributed by atoms with Gasteiger partial charge >= 0.3 is 0 Å². The standard InChI is InChI=1S/C23H25N3O3/c27-21(18-9-10-19-20(13-18)23(29)25-22(19)28)24-14-16-5-7-17(8-6-16)15-26-11-3-1-2-4-12-26/h5-10,13H,1-4,11-12,14-15H2,(H,24,27)(H,25,28,29). The van der Waals surface area contributed by atoms with E-state index in [1.807, 2.05) is 12.1 Å². The lowest BCUT2D eigenvalue weighted by Gasteiger charge is -2.19. The van der Waals surface area contributed by atoms with Crippen molar-refractivity contribution in [1.29, 1.82) is 0 Å². The highest BCUT2D eigenvalue weighted by Gasteiger charge is 2.27. The van der Waals surface area contributed by atoms with Crippen LogP contribution in [0.5, 0.6) is 0 Å². The van der Waals surface area contributed by atoms with Gasteiger partial charge < -0.3 is 5.32 Å². The van der Waals surface area contributed by atoms with E-state index in [2.05, 4.69) is 27.7 Å². The minimum absolute atomic E-state index is 0.250. The molecule has 1 saturated heterocycles. The minimum Gasteiger partial charge on any atom is -0.348 e. The molecule has 2 aliphatic heterocycles. The maximum absolute atomic E-state index is 12.4. The normalized spacial score (nSPS) is 16.8. The van der Waals surface area contributed by atoms with Crippen LogP contribution in [0.1, 0.15) is 67.9 Å². The van der Waals surface area contributed by atoms with Gasteiger partial charge in [0, 0.05) is 18.7 Å². The van der Waals surface area contributed by atoms with E-state index in [9.17, 15) is 14.4 Å². The third kappa shape index (κ3) is 4.54. The van der Waals surface area contributed by atoms with Gasteiger partial charge in [-0.2, -0.15) is 0 Å². The van der Waals surface area contributed by atoms with Crippen molar-refractivity contribution in [3.63, 3.8) is 0 Å². The molecule has 6 heteroatoms. The van der Waals surface area contributed by atoms with E-state index in [1.165, 1.54) is 56.5 Å². The summed E-state index contributed by atoms with van der Waals surface area (Å²) in [5.41, 5.74) is 3.24. The molecule has 0 spiro atoms. The van der Waals surface area contributed by atoms with Crippen LogP contribution >= 0.6 is 0 Å². The Labute approximate surface area is 170 Å². The Balaban J connectivity index is 1.33. The lowest BCUT2D eigenvalue weighted by atomic mass is 10.1. The first-order valence-corrected chi connectivity index (χ1v) is 10.2. The van der Waals surface area contributed by atoms with Gasteiger partial charge in [-0.05, 0) is 55.3 Å². The number of nitrogens with zero attached hydrogens (tertiary/aromatic N) is 1. The molecule has 0 atom stereocenters. The quantitative estimate of drug-likeness (QED) is 0.769. The van der Waals surface area contributed by atoms with Crippen molar-refractivity contribution in [2.45, 2.75) is 38.8 Å². The van der Waals surface area contributed by atoms with Gasteiger partial charge in [0.1, 0.15) is 0 Å². The lowest BCUT2D eigenvalue weighted by molar-refractivity contribution is 0.0878. The molecular formula is C23H25N3O3. The maximum Gasteiger partial charge on any atom is 0.258 e. The molecule has 0 aliphatic carbocycles. The first-order valence-electron chi connectivity index (χ1n) is 10.2. The van der Waals surface area contributed by atoms with Crippen molar-refractivity contribution >= 4 is 17.7 Å². The zero-order valence-corrected chi connectivity index (χ0v) is 16.4. The number of rotatable bonds is 5. The first kappa shape index (κ1) is 19.3. The highest BCUT2D eigenvalue weighted by molar-refractivity contribution is 6.22. The summed E-state index contributed by atoms with van der Waals surface area (Å²) >= 11 is 0. The fourth-order valence-corrected chi connectivity index (χ4v) is 3.91. The predicted molar refractivity (Wildman–Crippen MR) is 110 cm³/mol. The Kier molecular flexibility index (Phi) is 5.71. The summed E-state index contributed by atoms with van der Waals surface area (Å²) in [6.45, 7) is 3.72. The summed E-state index contributed by atoms with van der Waals surface area (Å²) in [5, 5.41) is 5.11. The van der Waals surface area contributed by atoms with Gasteiger partial charge in [0.15, 0.2) is 0 Å². The molecule has 1 fully saturated rings. The highest BCUT2D eigenvalue weighted by atomic mass is 16.2. The molecule has 0 saturated carbocycles. The average Bonchev–Trinajstić information content (AvgIpc) is 2.90. The number of hydrogen-bond donors (Lipinski definition) is 2. The lowest BCUT2D eigenvalue weighted by Crippen LogP contribution is -2.24. The third-order valence-electron chi connectivity index (χ3n) is 5.58. The van der Waals surface area contributed by atoms with E-state index in [1.54, 1.807) is 6.07 Å². The van der Waals surface area contributed by atoms with Crippen molar-refractivity contribution in [3.8, 4) is 0 Å². The van der Waals surface area contributed by atoms with Crippen molar-refractivity contribution in [2.75, 3.05) is 13.1 Å². The Morgan fingerprint density at radius 3 is 2.24 bits per heavy atom. The molecule has 2 aromatic carbocycles. The Morgan fingerprint density at radius 1 is 0.862 bits per heavy atom. The SMILES string of the molecule is O=C(NCc1ccc(CN2CCCCCC2)cc1)c1ccc2c(c1)C(=O)NC2=O. The van der Waals surface area contributed by atoms with E-state index < -0.39 is 11.8 Å². The molecule has 2 aliphatic rings. The molecule has 0 aromatic heterocycles. The van der Waals surface area contributed by atoms with Crippen LogP contribution in [-0.4, -0.2) is 35.7 Å². The molecule has 3 amide bonds. The summed E-state index contributed by atoms with van der Waals surface area (Å²) < 4.78 is 0. The zero-order valence-electron chi connectivity index (χ0n) is 16.4. The molecule has 150 valence electrons. The van der Waals surface area contributed by atoms with Crippen LogP contribution in [0.3, 0.4) is 0 Å². The Morgan fingerprint density at radius 2 is 1.52 bits per heavy atom. The molecule has 4 rings (SSSR count). The van der Waals surface area contributed by atoms with Gasteiger partial charge in [-0.15, -0.1) is 0 Å². The maximum atomic E-state index is 12.4. The fourth-order valence-electron chi connectivity index (χ4n) is 3.91. The molecular weight excluding hydrogens is 366 g/mol. The molecule has 2 N–H and O–H groups in total. The summed E-state index contributed by atoms with van der Waals surface area (Å²) in [5.74, 6) is -1.15. The number of carbonyl (C=O) groups is 3. The second kappa shape index (κ2) is 8.57. The van der Waals surface area contributed by atoms with Crippen LogP contribution in [-0.2, 0) is 13.1 Å². The van der Waals surface area contributed by atoms with Crippen molar-refractivity contribution < 1.29 is 14.4 Å². The van der Waals surface area contributed by atoms with E-state index in [0.29, 0.717) is 17.7 Å². The van der Waals surface area contributed by atoms with Gasteiger partial charge in [-0.1, -0.05) is 37.1 Å². The topological polar surface area (TPSA) is 78.5 Å². The molecule has 29 heavy (non-hydrogen) atoms. The summed E-state index contributed by atoms with van der Waals surface area (Å²) in [7, 11) is 0. The second-order valence-corrected chi connectivity index (χ2v) is 7.73. The summed E-state index contributed by atoms with van der Waals surface area (Å²) in [4.78, 5) is 38.3. The molecule has 0 radical (unpaired) electrons. The Bertz CT molecular complexity index is 929. The molecule has 6 nitrogen and oxygen atoms in total. The summed E-state index contributed by atoms with van der Waals surface area (Å²) in [6, 6.07) is 12.9. The van der Waals surface area contributed by atoms with Gasteiger partial charge in [0.25, 0.3) is 17.7 Å². The molecule has 0 bridgehead atoms. The van der Waals surface area contributed by atoms with Crippen LogP contribution in [0.15, 0.2) is 42.5 Å². The second-order valence-electron chi connectivity index (χ2n) is 7.73.